The van der Waals surface area contributed by atoms with Crippen molar-refractivity contribution < 1.29 is 4.79 Å². The first-order valence-corrected chi connectivity index (χ1v) is 8.06. The molecule has 0 aromatic heterocycles. The fourth-order valence-electron chi connectivity index (χ4n) is 3.49. The number of carbonyl (C=O) groups is 1. The Labute approximate surface area is 130 Å². The van der Waals surface area contributed by atoms with E-state index in [1.54, 1.807) is 0 Å². The van der Waals surface area contributed by atoms with Crippen LogP contribution in [-0.4, -0.2) is 32.1 Å². The van der Waals surface area contributed by atoms with Crippen LogP contribution in [0.25, 0.3) is 10.8 Å². The van der Waals surface area contributed by atoms with E-state index in [4.69, 9.17) is 5.73 Å². The topological polar surface area (TPSA) is 58.4 Å². The molecule has 4 heteroatoms. The normalized spacial score (nSPS) is 18.6. The average molecular weight is 295 g/mol. The molecule has 0 spiro atoms. The molecule has 1 saturated carbocycles. The van der Waals surface area contributed by atoms with Crippen molar-refractivity contribution in [1.29, 1.82) is 0 Å². The molecular formula is C18H21N3O. The van der Waals surface area contributed by atoms with E-state index in [9.17, 15) is 4.79 Å². The summed E-state index contributed by atoms with van der Waals surface area (Å²) in [5, 5.41) is 5.78. The van der Waals surface area contributed by atoms with E-state index in [-0.39, 0.29) is 5.91 Å². The number of benzene rings is 2. The Balaban J connectivity index is 1.80. The van der Waals surface area contributed by atoms with Crippen LogP contribution in [0, 0.1) is 0 Å². The van der Waals surface area contributed by atoms with E-state index in [1.807, 2.05) is 12.1 Å². The summed E-state index contributed by atoms with van der Waals surface area (Å²) < 4.78 is 0. The lowest BCUT2D eigenvalue weighted by Crippen LogP contribution is -2.43. The van der Waals surface area contributed by atoms with Gasteiger partial charge in [0.25, 0.3) is 0 Å². The van der Waals surface area contributed by atoms with Crippen LogP contribution >= 0.6 is 0 Å². The lowest BCUT2D eigenvalue weighted by atomic mass is 9.94. The highest BCUT2D eigenvalue weighted by Gasteiger charge is 2.29. The average Bonchev–Trinajstić information content (AvgIpc) is 3.38. The van der Waals surface area contributed by atoms with Gasteiger partial charge in [0.2, 0.25) is 5.91 Å². The molecule has 0 unspecified atom stereocenters. The van der Waals surface area contributed by atoms with Gasteiger partial charge in [0, 0.05) is 37.4 Å². The number of fused-ring (bicyclic) bond motifs is 1. The van der Waals surface area contributed by atoms with Crippen LogP contribution in [0.4, 0.5) is 5.69 Å². The summed E-state index contributed by atoms with van der Waals surface area (Å²) in [6.45, 7) is 4.15. The van der Waals surface area contributed by atoms with Gasteiger partial charge in [0.1, 0.15) is 0 Å². The molecule has 3 N–H and O–H groups in total. The molecule has 0 bridgehead atoms. The third-order valence-electron chi connectivity index (χ3n) is 4.78. The van der Waals surface area contributed by atoms with Gasteiger partial charge < -0.3 is 16.0 Å². The van der Waals surface area contributed by atoms with Crippen LogP contribution in [0.1, 0.15) is 34.7 Å². The van der Waals surface area contributed by atoms with Crippen molar-refractivity contribution in [1.82, 2.24) is 5.32 Å². The molecule has 1 saturated heterocycles. The second kappa shape index (κ2) is 5.29. The molecule has 22 heavy (non-hydrogen) atoms. The molecular weight excluding hydrogens is 274 g/mol. The lowest BCUT2D eigenvalue weighted by molar-refractivity contribution is 0.0999. The van der Waals surface area contributed by atoms with Gasteiger partial charge in [0.15, 0.2) is 0 Å². The highest BCUT2D eigenvalue weighted by Crippen LogP contribution is 2.45. The van der Waals surface area contributed by atoms with E-state index in [0.717, 1.165) is 31.7 Å². The van der Waals surface area contributed by atoms with Gasteiger partial charge in [-0.3, -0.25) is 4.79 Å². The summed E-state index contributed by atoms with van der Waals surface area (Å²) >= 11 is 0. The first-order chi connectivity index (χ1) is 10.7. The molecule has 0 radical (unpaired) electrons. The van der Waals surface area contributed by atoms with Crippen LogP contribution in [0.5, 0.6) is 0 Å². The van der Waals surface area contributed by atoms with E-state index >= 15 is 0 Å². The Morgan fingerprint density at radius 2 is 1.91 bits per heavy atom. The van der Waals surface area contributed by atoms with E-state index in [0.29, 0.717) is 11.5 Å². The summed E-state index contributed by atoms with van der Waals surface area (Å²) in [5.41, 5.74) is 8.69. The number of anilines is 1. The van der Waals surface area contributed by atoms with Crippen molar-refractivity contribution >= 4 is 22.4 Å². The van der Waals surface area contributed by atoms with Crippen molar-refractivity contribution in [3.8, 4) is 0 Å². The van der Waals surface area contributed by atoms with Gasteiger partial charge in [-0.25, -0.2) is 0 Å². The van der Waals surface area contributed by atoms with Crippen molar-refractivity contribution in [2.75, 3.05) is 31.1 Å². The molecule has 2 aliphatic rings. The monoisotopic (exact) mass is 295 g/mol. The van der Waals surface area contributed by atoms with Crippen molar-refractivity contribution in [2.45, 2.75) is 18.8 Å². The highest BCUT2D eigenvalue weighted by molar-refractivity contribution is 6.02. The molecule has 1 aliphatic carbocycles. The number of nitrogens with one attached hydrogen (secondary N) is 1. The molecule has 2 fully saturated rings. The smallest absolute Gasteiger partial charge is 0.249 e. The Bertz CT molecular complexity index is 730. The fourth-order valence-corrected chi connectivity index (χ4v) is 3.49. The number of rotatable bonds is 3. The first-order valence-electron chi connectivity index (χ1n) is 8.06. The molecule has 1 heterocycles. The van der Waals surface area contributed by atoms with Gasteiger partial charge in [-0.05, 0) is 53.3 Å². The quantitative estimate of drug-likeness (QED) is 0.913. The predicted molar refractivity (Wildman–Crippen MR) is 89.5 cm³/mol. The highest BCUT2D eigenvalue weighted by atomic mass is 16.1. The van der Waals surface area contributed by atoms with Crippen molar-refractivity contribution in [3.63, 3.8) is 0 Å². The van der Waals surface area contributed by atoms with Gasteiger partial charge in [0.05, 0.1) is 0 Å². The molecule has 0 atom stereocenters. The molecule has 4 nitrogen and oxygen atoms in total. The number of carbonyl (C=O) groups excluding carboxylic acids is 1. The molecule has 4 rings (SSSR count). The maximum absolute atomic E-state index is 11.7. The fraction of sp³-hybridized carbons (Fsp3) is 0.389. The number of piperazine rings is 1. The molecule has 1 amide bonds. The zero-order valence-electron chi connectivity index (χ0n) is 12.6. The summed E-state index contributed by atoms with van der Waals surface area (Å²) in [6.07, 6.45) is 2.33. The maximum atomic E-state index is 11.7. The summed E-state index contributed by atoms with van der Waals surface area (Å²) in [4.78, 5) is 14.1. The molecule has 2 aromatic carbocycles. The first kappa shape index (κ1) is 13.6. The number of nitrogens with two attached hydrogens (primary N) is 1. The van der Waals surface area contributed by atoms with Gasteiger partial charge in [-0.1, -0.05) is 12.1 Å². The van der Waals surface area contributed by atoms with E-state index in [2.05, 4.69) is 28.4 Å². The summed E-state index contributed by atoms with van der Waals surface area (Å²) in [6, 6.07) is 10.5. The lowest BCUT2D eigenvalue weighted by Gasteiger charge is -2.29. The number of hydrogen-bond acceptors (Lipinski definition) is 3. The molecule has 1 aliphatic heterocycles. The van der Waals surface area contributed by atoms with Crippen LogP contribution in [0.15, 0.2) is 30.3 Å². The predicted octanol–water partition coefficient (Wildman–Crippen LogP) is 2.23. The van der Waals surface area contributed by atoms with Crippen molar-refractivity contribution in [2.24, 2.45) is 5.73 Å². The Hall–Kier alpha value is -2.07. The zero-order chi connectivity index (χ0) is 15.1. The Morgan fingerprint density at radius 3 is 2.59 bits per heavy atom. The van der Waals surface area contributed by atoms with E-state index in [1.165, 1.54) is 29.3 Å². The van der Waals surface area contributed by atoms with Gasteiger partial charge >= 0.3 is 0 Å². The van der Waals surface area contributed by atoms with Gasteiger partial charge in [-0.2, -0.15) is 0 Å². The number of hydrogen-bond donors (Lipinski definition) is 2. The molecule has 114 valence electrons. The Kier molecular flexibility index (Phi) is 3.26. The third kappa shape index (κ3) is 2.33. The van der Waals surface area contributed by atoms with Crippen molar-refractivity contribution in [3.05, 3.63) is 41.5 Å². The standard InChI is InChI=1S/C18H21N3O/c19-18(22)16-5-3-13-11-14(21-9-7-20-8-10-21)4-6-15(13)17(16)12-1-2-12/h3-6,11-12,20H,1-2,7-10H2,(H2,19,22). The molecule has 2 aromatic rings. The minimum absolute atomic E-state index is 0.310. The van der Waals surface area contributed by atoms with Crippen LogP contribution in [-0.2, 0) is 0 Å². The second-order valence-electron chi connectivity index (χ2n) is 6.31. The summed E-state index contributed by atoms with van der Waals surface area (Å²) in [5.74, 6) is 0.200. The Morgan fingerprint density at radius 1 is 1.14 bits per heavy atom. The van der Waals surface area contributed by atoms with E-state index < -0.39 is 0 Å². The van der Waals surface area contributed by atoms with Crippen LogP contribution in [0.2, 0.25) is 0 Å². The maximum Gasteiger partial charge on any atom is 0.249 e. The number of nitrogens with zero attached hydrogens (tertiary/aromatic N) is 1. The number of amides is 1. The van der Waals surface area contributed by atoms with Crippen LogP contribution in [0.3, 0.4) is 0 Å². The van der Waals surface area contributed by atoms with Gasteiger partial charge in [-0.15, -0.1) is 0 Å². The zero-order valence-corrected chi connectivity index (χ0v) is 12.6. The minimum atomic E-state index is -0.310. The van der Waals surface area contributed by atoms with Crippen LogP contribution < -0.4 is 16.0 Å². The second-order valence-corrected chi connectivity index (χ2v) is 6.31. The third-order valence-corrected chi connectivity index (χ3v) is 4.78. The number of primary amides is 1. The largest absolute Gasteiger partial charge is 0.369 e. The summed E-state index contributed by atoms with van der Waals surface area (Å²) in [7, 11) is 0. The SMILES string of the molecule is NC(=O)c1ccc2cc(N3CCNCC3)ccc2c1C1CC1. The minimum Gasteiger partial charge on any atom is -0.369 e.